The van der Waals surface area contributed by atoms with Gasteiger partial charge in [-0.15, -0.1) is 0 Å². The van der Waals surface area contributed by atoms with Crippen molar-refractivity contribution < 1.29 is 18.7 Å². The molecule has 186 valence electrons. The largest absolute Gasteiger partial charge is 0.444 e. The topological polar surface area (TPSA) is 149 Å². The molecule has 12 heteroatoms. The fourth-order valence-electron chi connectivity index (χ4n) is 3.08. The summed E-state index contributed by atoms with van der Waals surface area (Å²) in [6.07, 6.45) is 3.07. The third-order valence-corrected chi connectivity index (χ3v) is 4.73. The molecule has 3 aromatic rings. The van der Waals surface area contributed by atoms with Crippen molar-refractivity contribution in [1.82, 2.24) is 25.3 Å². The van der Waals surface area contributed by atoms with E-state index in [-0.39, 0.29) is 29.8 Å². The van der Waals surface area contributed by atoms with Crippen LogP contribution in [0.15, 0.2) is 42.7 Å². The van der Waals surface area contributed by atoms with Crippen LogP contribution in [0.1, 0.15) is 44.5 Å². The SMILES string of the molecule is CC[C@H](CNC(=O)OC(C)(C)C)Nc1nc(Nc2cccc(-n3nccn3)c2)c(C(N)=O)cc1F. The van der Waals surface area contributed by atoms with Gasteiger partial charge in [0, 0.05) is 18.3 Å². The second kappa shape index (κ2) is 10.8. The molecule has 11 nitrogen and oxygen atoms in total. The van der Waals surface area contributed by atoms with Crippen LogP contribution in [-0.4, -0.2) is 50.2 Å². The molecule has 2 aromatic heterocycles. The molecule has 0 radical (unpaired) electrons. The average Bonchev–Trinajstić information content (AvgIpc) is 3.32. The summed E-state index contributed by atoms with van der Waals surface area (Å²) >= 11 is 0. The minimum atomic E-state index is -0.839. The third-order valence-electron chi connectivity index (χ3n) is 4.73. The molecular formula is C23H29FN8O3. The van der Waals surface area contributed by atoms with Gasteiger partial charge in [0.15, 0.2) is 11.6 Å². The average molecular weight is 485 g/mol. The van der Waals surface area contributed by atoms with Crippen LogP contribution in [-0.2, 0) is 4.74 Å². The van der Waals surface area contributed by atoms with Crippen molar-refractivity contribution in [2.75, 3.05) is 17.2 Å². The molecule has 1 aromatic carbocycles. The molecule has 3 rings (SSSR count). The second-order valence-corrected chi connectivity index (χ2v) is 8.71. The van der Waals surface area contributed by atoms with E-state index in [1.165, 1.54) is 4.80 Å². The van der Waals surface area contributed by atoms with Crippen LogP contribution in [0, 0.1) is 5.82 Å². The predicted octanol–water partition coefficient (Wildman–Crippen LogP) is 3.36. The number of amides is 2. The number of carbonyl (C=O) groups excluding carboxylic acids is 2. The number of benzene rings is 1. The van der Waals surface area contributed by atoms with E-state index in [9.17, 15) is 14.0 Å². The summed E-state index contributed by atoms with van der Waals surface area (Å²) in [6.45, 7) is 7.33. The van der Waals surface area contributed by atoms with Crippen LogP contribution in [0.5, 0.6) is 0 Å². The molecule has 1 atom stereocenters. The molecule has 0 spiro atoms. The molecule has 2 heterocycles. The molecule has 2 amide bonds. The molecule has 35 heavy (non-hydrogen) atoms. The minimum Gasteiger partial charge on any atom is -0.444 e. The number of hydrogen-bond acceptors (Lipinski definition) is 8. The van der Waals surface area contributed by atoms with E-state index in [4.69, 9.17) is 10.5 Å². The molecule has 5 N–H and O–H groups in total. The minimum absolute atomic E-state index is 0.0712. The first kappa shape index (κ1) is 25.4. The van der Waals surface area contributed by atoms with Gasteiger partial charge < -0.3 is 26.4 Å². The molecule has 0 fully saturated rings. The lowest BCUT2D eigenvalue weighted by Crippen LogP contribution is -2.39. The number of alkyl carbamates (subject to hydrolysis) is 1. The fourth-order valence-corrected chi connectivity index (χ4v) is 3.08. The lowest BCUT2D eigenvalue weighted by atomic mass is 10.2. The van der Waals surface area contributed by atoms with Gasteiger partial charge in [0.25, 0.3) is 5.91 Å². The Bertz CT molecular complexity index is 1180. The molecule has 0 bridgehead atoms. The number of halogens is 1. The van der Waals surface area contributed by atoms with Crippen molar-refractivity contribution in [1.29, 1.82) is 0 Å². The molecule has 0 unspecified atom stereocenters. The van der Waals surface area contributed by atoms with Gasteiger partial charge in [0.1, 0.15) is 11.4 Å². The number of rotatable bonds is 9. The highest BCUT2D eigenvalue weighted by Crippen LogP contribution is 2.25. The quantitative estimate of drug-likeness (QED) is 0.361. The van der Waals surface area contributed by atoms with E-state index < -0.39 is 23.4 Å². The summed E-state index contributed by atoms with van der Waals surface area (Å²) in [4.78, 5) is 29.6. The summed E-state index contributed by atoms with van der Waals surface area (Å²) in [5.41, 5.74) is 5.94. The van der Waals surface area contributed by atoms with Gasteiger partial charge in [-0.05, 0) is 51.5 Å². The Balaban J connectivity index is 1.81. The van der Waals surface area contributed by atoms with E-state index >= 15 is 0 Å². The van der Waals surface area contributed by atoms with E-state index in [2.05, 4.69) is 31.1 Å². The monoisotopic (exact) mass is 484 g/mol. The molecule has 0 aliphatic heterocycles. The standard InChI is InChI=1S/C23H29FN8O3/c1-5-14(13-26-22(34)35-23(2,3)4)29-21-18(24)12-17(19(25)33)20(31-21)30-15-7-6-8-16(11-15)32-27-9-10-28-32/h6-12,14H,5,13H2,1-4H3,(H2,25,33)(H,26,34)(H2,29,30,31)/t14-/m1/s1. The maximum absolute atomic E-state index is 14.8. The number of ether oxygens (including phenoxy) is 1. The summed E-state index contributed by atoms with van der Waals surface area (Å²) in [7, 11) is 0. The number of carbonyl (C=O) groups is 2. The first-order chi connectivity index (χ1) is 16.6. The van der Waals surface area contributed by atoms with E-state index in [1.54, 1.807) is 57.4 Å². The van der Waals surface area contributed by atoms with Crippen LogP contribution in [0.25, 0.3) is 5.69 Å². The lowest BCUT2D eigenvalue weighted by molar-refractivity contribution is 0.0525. The van der Waals surface area contributed by atoms with Crippen LogP contribution in [0.3, 0.4) is 0 Å². The zero-order chi connectivity index (χ0) is 25.6. The zero-order valence-corrected chi connectivity index (χ0v) is 20.0. The Morgan fingerprint density at radius 2 is 1.89 bits per heavy atom. The smallest absolute Gasteiger partial charge is 0.407 e. The highest BCUT2D eigenvalue weighted by atomic mass is 19.1. The number of anilines is 3. The van der Waals surface area contributed by atoms with E-state index in [1.807, 2.05) is 6.92 Å². The van der Waals surface area contributed by atoms with E-state index in [0.29, 0.717) is 17.8 Å². The van der Waals surface area contributed by atoms with Crippen molar-refractivity contribution in [3.05, 3.63) is 54.1 Å². The van der Waals surface area contributed by atoms with Gasteiger partial charge in [-0.25, -0.2) is 14.2 Å². The van der Waals surface area contributed by atoms with Gasteiger partial charge in [-0.2, -0.15) is 15.0 Å². The number of hydrogen-bond donors (Lipinski definition) is 4. The van der Waals surface area contributed by atoms with Gasteiger partial charge >= 0.3 is 6.09 Å². The normalized spacial score (nSPS) is 12.0. The first-order valence-corrected chi connectivity index (χ1v) is 11.0. The van der Waals surface area contributed by atoms with Gasteiger partial charge in [-0.1, -0.05) is 13.0 Å². The Morgan fingerprint density at radius 1 is 1.17 bits per heavy atom. The number of nitrogens with two attached hydrogens (primary N) is 1. The third kappa shape index (κ3) is 7.13. The van der Waals surface area contributed by atoms with Crippen molar-refractivity contribution in [3.63, 3.8) is 0 Å². The summed E-state index contributed by atoms with van der Waals surface area (Å²) < 4.78 is 20.0. The summed E-state index contributed by atoms with van der Waals surface area (Å²) in [5, 5.41) is 16.8. The van der Waals surface area contributed by atoms with Gasteiger partial charge in [-0.3, -0.25) is 4.79 Å². The predicted molar refractivity (Wildman–Crippen MR) is 129 cm³/mol. The Labute approximate surface area is 202 Å². The van der Waals surface area contributed by atoms with Crippen LogP contribution >= 0.6 is 0 Å². The van der Waals surface area contributed by atoms with Crippen LogP contribution in [0.4, 0.5) is 26.5 Å². The second-order valence-electron chi connectivity index (χ2n) is 8.71. The van der Waals surface area contributed by atoms with E-state index in [0.717, 1.165) is 6.07 Å². The fraction of sp³-hybridized carbons (Fsp3) is 0.348. The van der Waals surface area contributed by atoms with Crippen molar-refractivity contribution >= 4 is 29.3 Å². The highest BCUT2D eigenvalue weighted by molar-refractivity contribution is 5.98. The zero-order valence-electron chi connectivity index (χ0n) is 20.0. The number of nitrogens with zero attached hydrogens (tertiary/aromatic N) is 4. The Kier molecular flexibility index (Phi) is 7.84. The number of aromatic nitrogens is 4. The van der Waals surface area contributed by atoms with Gasteiger partial charge in [0.05, 0.1) is 23.6 Å². The molecular weight excluding hydrogens is 455 g/mol. The van der Waals surface area contributed by atoms with Crippen LogP contribution < -0.4 is 21.7 Å². The number of nitrogens with one attached hydrogen (secondary N) is 3. The maximum Gasteiger partial charge on any atom is 0.407 e. The number of primary amides is 1. The molecule has 0 aliphatic rings. The maximum atomic E-state index is 14.8. The Morgan fingerprint density at radius 3 is 2.51 bits per heavy atom. The summed E-state index contributed by atoms with van der Waals surface area (Å²) in [5.74, 6) is -1.62. The van der Waals surface area contributed by atoms with Crippen LogP contribution in [0.2, 0.25) is 0 Å². The highest BCUT2D eigenvalue weighted by Gasteiger charge is 2.20. The van der Waals surface area contributed by atoms with Crippen molar-refractivity contribution in [3.8, 4) is 5.69 Å². The molecule has 0 aliphatic carbocycles. The Hall–Kier alpha value is -4.22. The van der Waals surface area contributed by atoms with Crippen molar-refractivity contribution in [2.45, 2.75) is 45.8 Å². The first-order valence-electron chi connectivity index (χ1n) is 11.0. The molecule has 0 saturated carbocycles. The van der Waals surface area contributed by atoms with Crippen molar-refractivity contribution in [2.24, 2.45) is 5.73 Å². The van der Waals surface area contributed by atoms with Gasteiger partial charge in [0.2, 0.25) is 0 Å². The lowest BCUT2D eigenvalue weighted by Gasteiger charge is -2.23. The summed E-state index contributed by atoms with van der Waals surface area (Å²) in [6, 6.07) is 7.72. The number of pyridine rings is 1. The molecule has 0 saturated heterocycles.